The SMILES string of the molecule is C[C@@H](NC(=O)c1ccccn1)c1nc2ccccc2[nH]1. The summed E-state index contributed by atoms with van der Waals surface area (Å²) < 4.78 is 0. The summed E-state index contributed by atoms with van der Waals surface area (Å²) >= 11 is 0. The van der Waals surface area contributed by atoms with Crippen molar-refractivity contribution in [1.82, 2.24) is 20.3 Å². The van der Waals surface area contributed by atoms with E-state index in [0.29, 0.717) is 5.69 Å². The number of benzene rings is 1. The molecular formula is C15H14N4O. The summed E-state index contributed by atoms with van der Waals surface area (Å²) in [4.78, 5) is 23.7. The van der Waals surface area contributed by atoms with Gasteiger partial charge in [-0.25, -0.2) is 4.98 Å². The second-order valence-electron chi connectivity index (χ2n) is 4.55. The van der Waals surface area contributed by atoms with Gasteiger partial charge >= 0.3 is 0 Å². The second kappa shape index (κ2) is 5.13. The minimum atomic E-state index is -0.211. The second-order valence-corrected chi connectivity index (χ2v) is 4.55. The molecule has 0 aliphatic carbocycles. The van der Waals surface area contributed by atoms with E-state index in [4.69, 9.17) is 0 Å². The van der Waals surface area contributed by atoms with Gasteiger partial charge in [0.15, 0.2) is 0 Å². The highest BCUT2D eigenvalue weighted by Gasteiger charge is 2.15. The topological polar surface area (TPSA) is 70.7 Å². The molecular weight excluding hydrogens is 252 g/mol. The number of nitrogens with zero attached hydrogens (tertiary/aromatic N) is 2. The molecule has 0 radical (unpaired) electrons. The van der Waals surface area contributed by atoms with Crippen molar-refractivity contribution in [1.29, 1.82) is 0 Å². The molecule has 0 saturated carbocycles. The van der Waals surface area contributed by atoms with Crippen molar-refractivity contribution in [3.05, 3.63) is 60.2 Å². The largest absolute Gasteiger partial charge is 0.341 e. The maximum absolute atomic E-state index is 12.0. The first-order valence-electron chi connectivity index (χ1n) is 6.40. The summed E-state index contributed by atoms with van der Waals surface area (Å²) in [7, 11) is 0. The molecule has 0 bridgehead atoms. The van der Waals surface area contributed by atoms with E-state index in [2.05, 4.69) is 20.3 Å². The molecule has 0 aliphatic heterocycles. The molecule has 2 aromatic heterocycles. The molecule has 1 atom stereocenters. The number of para-hydroxylation sites is 2. The number of aromatic amines is 1. The third-order valence-corrected chi connectivity index (χ3v) is 3.06. The van der Waals surface area contributed by atoms with Gasteiger partial charge in [0.2, 0.25) is 0 Å². The molecule has 1 aromatic carbocycles. The van der Waals surface area contributed by atoms with Crippen molar-refractivity contribution in [2.75, 3.05) is 0 Å². The zero-order chi connectivity index (χ0) is 13.9. The molecule has 0 unspecified atom stereocenters. The van der Waals surface area contributed by atoms with Crippen LogP contribution >= 0.6 is 0 Å². The van der Waals surface area contributed by atoms with Gasteiger partial charge in [0, 0.05) is 6.20 Å². The number of carbonyl (C=O) groups is 1. The van der Waals surface area contributed by atoms with Gasteiger partial charge in [0.05, 0.1) is 17.1 Å². The van der Waals surface area contributed by atoms with Gasteiger partial charge in [-0.05, 0) is 31.2 Å². The fraction of sp³-hybridized carbons (Fsp3) is 0.133. The van der Waals surface area contributed by atoms with Crippen LogP contribution in [-0.2, 0) is 0 Å². The molecule has 3 aromatic rings. The Morgan fingerprint density at radius 2 is 2.00 bits per heavy atom. The molecule has 0 aliphatic rings. The predicted molar refractivity (Wildman–Crippen MR) is 76.2 cm³/mol. The molecule has 0 spiro atoms. The number of H-pyrrole nitrogens is 1. The van der Waals surface area contributed by atoms with Crippen LogP contribution in [0.15, 0.2) is 48.7 Å². The summed E-state index contributed by atoms with van der Waals surface area (Å²) in [5.74, 6) is 0.522. The van der Waals surface area contributed by atoms with E-state index in [1.807, 2.05) is 31.2 Å². The number of hydrogen-bond acceptors (Lipinski definition) is 3. The van der Waals surface area contributed by atoms with Crippen molar-refractivity contribution < 1.29 is 4.79 Å². The summed E-state index contributed by atoms with van der Waals surface area (Å²) in [6, 6.07) is 12.8. The molecule has 0 saturated heterocycles. The van der Waals surface area contributed by atoms with Crippen LogP contribution in [0.4, 0.5) is 0 Å². The van der Waals surface area contributed by atoms with Crippen LogP contribution in [0.25, 0.3) is 11.0 Å². The summed E-state index contributed by atoms with van der Waals surface area (Å²) in [5, 5.41) is 2.88. The van der Waals surface area contributed by atoms with E-state index in [0.717, 1.165) is 16.9 Å². The van der Waals surface area contributed by atoms with Gasteiger partial charge in [0.1, 0.15) is 11.5 Å². The number of amides is 1. The first-order chi connectivity index (χ1) is 9.74. The molecule has 2 N–H and O–H groups in total. The normalized spacial score (nSPS) is 12.2. The standard InChI is InChI=1S/C15H14N4O/c1-10(17-15(20)13-8-4-5-9-16-13)14-18-11-6-2-3-7-12(11)19-14/h2-10H,1H3,(H,17,20)(H,18,19)/t10-/m1/s1. The number of imidazole rings is 1. The molecule has 2 heterocycles. The highest BCUT2D eigenvalue weighted by Crippen LogP contribution is 2.15. The Bertz CT molecular complexity index is 703. The van der Waals surface area contributed by atoms with E-state index in [-0.39, 0.29) is 11.9 Å². The first kappa shape index (κ1) is 12.3. The number of hydrogen-bond donors (Lipinski definition) is 2. The smallest absolute Gasteiger partial charge is 0.270 e. The highest BCUT2D eigenvalue weighted by atomic mass is 16.1. The summed E-state index contributed by atoms with van der Waals surface area (Å²) in [6.45, 7) is 1.89. The van der Waals surface area contributed by atoms with Gasteiger partial charge in [-0.3, -0.25) is 9.78 Å². The monoisotopic (exact) mass is 266 g/mol. The minimum absolute atomic E-state index is 0.210. The lowest BCUT2D eigenvalue weighted by Crippen LogP contribution is -2.28. The van der Waals surface area contributed by atoms with Crippen molar-refractivity contribution in [3.8, 4) is 0 Å². The average Bonchev–Trinajstić information content (AvgIpc) is 2.92. The van der Waals surface area contributed by atoms with Gasteiger partial charge in [-0.2, -0.15) is 0 Å². The molecule has 1 amide bonds. The van der Waals surface area contributed by atoms with Crippen LogP contribution in [-0.4, -0.2) is 20.9 Å². The van der Waals surface area contributed by atoms with Gasteiger partial charge in [-0.1, -0.05) is 18.2 Å². The van der Waals surface area contributed by atoms with Gasteiger partial charge < -0.3 is 10.3 Å². The zero-order valence-electron chi connectivity index (χ0n) is 11.0. The van der Waals surface area contributed by atoms with Crippen LogP contribution in [0.2, 0.25) is 0 Å². The molecule has 5 nitrogen and oxygen atoms in total. The van der Waals surface area contributed by atoms with Gasteiger partial charge in [0.25, 0.3) is 5.91 Å². The molecule has 3 rings (SSSR count). The lowest BCUT2D eigenvalue weighted by Gasteiger charge is -2.10. The van der Waals surface area contributed by atoms with Crippen LogP contribution in [0.1, 0.15) is 29.3 Å². The predicted octanol–water partition coefficient (Wildman–Crippen LogP) is 2.45. The number of rotatable bonds is 3. The lowest BCUT2D eigenvalue weighted by atomic mass is 10.3. The Morgan fingerprint density at radius 3 is 2.75 bits per heavy atom. The summed E-state index contributed by atoms with van der Waals surface area (Å²) in [5.41, 5.74) is 2.25. The number of carbonyl (C=O) groups excluding carboxylic acids is 1. The third kappa shape index (κ3) is 2.38. The highest BCUT2D eigenvalue weighted by molar-refractivity contribution is 5.92. The number of pyridine rings is 1. The Labute approximate surface area is 116 Å². The van der Waals surface area contributed by atoms with E-state index >= 15 is 0 Å². The lowest BCUT2D eigenvalue weighted by molar-refractivity contribution is 0.0933. The average molecular weight is 266 g/mol. The molecule has 100 valence electrons. The van der Waals surface area contributed by atoms with Crippen molar-refractivity contribution in [2.45, 2.75) is 13.0 Å². The zero-order valence-corrected chi connectivity index (χ0v) is 11.0. The maximum Gasteiger partial charge on any atom is 0.270 e. The first-order valence-corrected chi connectivity index (χ1v) is 6.40. The maximum atomic E-state index is 12.0. The minimum Gasteiger partial charge on any atom is -0.341 e. The Morgan fingerprint density at radius 1 is 1.20 bits per heavy atom. The fourth-order valence-electron chi connectivity index (χ4n) is 2.01. The molecule has 20 heavy (non-hydrogen) atoms. The Balaban J connectivity index is 1.79. The van der Waals surface area contributed by atoms with Gasteiger partial charge in [-0.15, -0.1) is 0 Å². The molecule has 0 fully saturated rings. The number of nitrogens with one attached hydrogen (secondary N) is 2. The van der Waals surface area contributed by atoms with Crippen LogP contribution < -0.4 is 5.32 Å². The third-order valence-electron chi connectivity index (χ3n) is 3.06. The Hall–Kier alpha value is -2.69. The van der Waals surface area contributed by atoms with Crippen LogP contribution in [0.5, 0.6) is 0 Å². The quantitative estimate of drug-likeness (QED) is 0.765. The van der Waals surface area contributed by atoms with E-state index in [1.165, 1.54) is 0 Å². The van der Waals surface area contributed by atoms with Crippen molar-refractivity contribution in [2.24, 2.45) is 0 Å². The van der Waals surface area contributed by atoms with E-state index in [1.54, 1.807) is 24.4 Å². The summed E-state index contributed by atoms with van der Waals surface area (Å²) in [6.07, 6.45) is 1.60. The van der Waals surface area contributed by atoms with Crippen molar-refractivity contribution >= 4 is 16.9 Å². The van der Waals surface area contributed by atoms with Crippen LogP contribution in [0, 0.1) is 0 Å². The number of fused-ring (bicyclic) bond motifs is 1. The van der Waals surface area contributed by atoms with Crippen molar-refractivity contribution in [3.63, 3.8) is 0 Å². The fourth-order valence-corrected chi connectivity index (χ4v) is 2.01. The van der Waals surface area contributed by atoms with E-state index < -0.39 is 0 Å². The van der Waals surface area contributed by atoms with E-state index in [9.17, 15) is 4.79 Å². The molecule has 5 heteroatoms. The number of aromatic nitrogens is 3. The Kier molecular flexibility index (Phi) is 3.16. The van der Waals surface area contributed by atoms with Crippen LogP contribution in [0.3, 0.4) is 0 Å².